The number of hydrogen-bond donors (Lipinski definition) is 10. The number of phenols is 8. The third-order valence-corrected chi connectivity index (χ3v) is 7.95. The molecule has 44 heavy (non-hydrogen) atoms. The number of phenolic OH excluding ortho intramolecular Hbond substituents is 8. The number of aromatic hydroxyl groups is 8. The summed E-state index contributed by atoms with van der Waals surface area (Å²) in [7, 11) is 1.24. The third-order valence-electron chi connectivity index (χ3n) is 7.95. The van der Waals surface area contributed by atoms with Crippen LogP contribution in [0.25, 0.3) is 0 Å². The van der Waals surface area contributed by atoms with E-state index in [1.165, 1.54) is 37.4 Å². The molecule has 13 nitrogen and oxygen atoms in total. The zero-order chi connectivity index (χ0) is 31.6. The summed E-state index contributed by atoms with van der Waals surface area (Å²) in [5, 5.41) is 107. The lowest BCUT2D eigenvalue weighted by Gasteiger charge is -2.40. The molecule has 0 bridgehead atoms. The van der Waals surface area contributed by atoms with Crippen molar-refractivity contribution in [3.05, 3.63) is 76.3 Å². The molecule has 4 aromatic carbocycles. The Morgan fingerprint density at radius 2 is 1.30 bits per heavy atom. The number of hydrogen-bond acceptors (Lipinski definition) is 13. The normalized spacial score (nSPS) is 22.3. The van der Waals surface area contributed by atoms with Crippen molar-refractivity contribution in [2.24, 2.45) is 0 Å². The van der Waals surface area contributed by atoms with Gasteiger partial charge in [0, 0.05) is 46.9 Å². The van der Waals surface area contributed by atoms with Gasteiger partial charge in [-0.1, -0.05) is 6.07 Å². The molecular weight excluding hydrogens is 580 g/mol. The summed E-state index contributed by atoms with van der Waals surface area (Å²) < 4.78 is 17.1. The standard InChI is InChI=1S/C31H28O13/c1-42-31-20(38)5-12(6-21(31)39)28-22(40)9-14-16(34)10-19(37)25(30(14)44-28)26-24-18(36)7-13(32)8-23(24)43-29(27(26)41)11-2-3-15(33)17(35)4-11/h2-8,10,22,26-29,32-41H,9H2,1H3/t22-,26-,27+,28+,29+/m0/s1. The molecule has 6 rings (SSSR count). The van der Waals surface area contributed by atoms with Crippen molar-refractivity contribution >= 4 is 0 Å². The first-order chi connectivity index (χ1) is 20.9. The van der Waals surface area contributed by atoms with Crippen molar-refractivity contribution in [1.82, 2.24) is 0 Å². The maximum Gasteiger partial charge on any atom is 0.202 e. The summed E-state index contributed by atoms with van der Waals surface area (Å²) in [5.41, 5.74) is 0.190. The van der Waals surface area contributed by atoms with E-state index in [0.29, 0.717) is 0 Å². The Labute approximate surface area is 248 Å². The third kappa shape index (κ3) is 4.49. The van der Waals surface area contributed by atoms with Gasteiger partial charge in [0.2, 0.25) is 5.75 Å². The minimum atomic E-state index is -1.62. The average Bonchev–Trinajstić information content (AvgIpc) is 2.95. The van der Waals surface area contributed by atoms with Gasteiger partial charge >= 0.3 is 0 Å². The minimum absolute atomic E-state index is 0.0521. The Morgan fingerprint density at radius 1 is 0.636 bits per heavy atom. The number of fused-ring (bicyclic) bond motifs is 2. The van der Waals surface area contributed by atoms with Crippen LogP contribution in [0.15, 0.2) is 48.5 Å². The van der Waals surface area contributed by atoms with Gasteiger partial charge in [-0.25, -0.2) is 0 Å². The summed E-state index contributed by atoms with van der Waals surface area (Å²) >= 11 is 0. The highest BCUT2D eigenvalue weighted by Crippen LogP contribution is 2.57. The van der Waals surface area contributed by atoms with Gasteiger partial charge in [0.1, 0.15) is 40.6 Å². The zero-order valence-corrected chi connectivity index (χ0v) is 22.9. The van der Waals surface area contributed by atoms with E-state index in [9.17, 15) is 51.1 Å². The minimum Gasteiger partial charge on any atom is -0.508 e. The molecule has 2 aliphatic heterocycles. The van der Waals surface area contributed by atoms with Crippen molar-refractivity contribution in [3.63, 3.8) is 0 Å². The quantitative estimate of drug-likeness (QED) is 0.150. The molecule has 2 heterocycles. The van der Waals surface area contributed by atoms with Gasteiger partial charge in [0.15, 0.2) is 35.2 Å². The van der Waals surface area contributed by atoms with E-state index in [4.69, 9.17) is 14.2 Å². The Morgan fingerprint density at radius 3 is 1.95 bits per heavy atom. The van der Waals surface area contributed by atoms with Crippen molar-refractivity contribution in [3.8, 4) is 63.2 Å². The van der Waals surface area contributed by atoms with E-state index < -0.39 is 70.6 Å². The summed E-state index contributed by atoms with van der Waals surface area (Å²) in [6.45, 7) is 0. The molecule has 0 radical (unpaired) electrons. The summed E-state index contributed by atoms with van der Waals surface area (Å²) in [6.07, 6.45) is -5.72. The van der Waals surface area contributed by atoms with Crippen LogP contribution < -0.4 is 14.2 Å². The van der Waals surface area contributed by atoms with Crippen LogP contribution in [0, 0.1) is 0 Å². The van der Waals surface area contributed by atoms with Gasteiger partial charge < -0.3 is 65.3 Å². The van der Waals surface area contributed by atoms with Gasteiger partial charge in [-0.2, -0.15) is 0 Å². The van der Waals surface area contributed by atoms with E-state index >= 15 is 0 Å². The van der Waals surface area contributed by atoms with Crippen molar-refractivity contribution in [2.75, 3.05) is 7.11 Å². The van der Waals surface area contributed by atoms with Crippen LogP contribution >= 0.6 is 0 Å². The van der Waals surface area contributed by atoms with Crippen LogP contribution in [0.3, 0.4) is 0 Å². The van der Waals surface area contributed by atoms with Gasteiger partial charge in [0.05, 0.1) is 19.1 Å². The van der Waals surface area contributed by atoms with Gasteiger partial charge in [-0.15, -0.1) is 0 Å². The van der Waals surface area contributed by atoms with Gasteiger partial charge in [-0.05, 0) is 29.8 Å². The topological polar surface area (TPSA) is 230 Å². The van der Waals surface area contributed by atoms with Gasteiger partial charge in [0.25, 0.3) is 0 Å². The van der Waals surface area contributed by atoms with E-state index in [2.05, 4.69) is 0 Å². The van der Waals surface area contributed by atoms with Crippen molar-refractivity contribution < 1.29 is 65.3 Å². The van der Waals surface area contributed by atoms with E-state index in [1.807, 2.05) is 0 Å². The lowest BCUT2D eigenvalue weighted by molar-refractivity contribution is 0.00113. The number of rotatable bonds is 4. The Hall–Kier alpha value is -5.40. The molecule has 230 valence electrons. The van der Waals surface area contributed by atoms with E-state index in [-0.39, 0.29) is 57.2 Å². The Kier molecular flexibility index (Phi) is 6.78. The summed E-state index contributed by atoms with van der Waals surface area (Å²) in [5.74, 6) is -5.51. The predicted octanol–water partition coefficient (Wildman–Crippen LogP) is 3.00. The molecule has 0 saturated carbocycles. The highest BCUT2D eigenvalue weighted by atomic mass is 16.5. The average molecular weight is 609 g/mol. The number of aliphatic hydroxyl groups is 2. The molecule has 5 atom stereocenters. The first kappa shape index (κ1) is 28.7. The molecule has 0 spiro atoms. The molecule has 0 aliphatic carbocycles. The highest BCUT2D eigenvalue weighted by Gasteiger charge is 2.46. The molecule has 0 saturated heterocycles. The van der Waals surface area contributed by atoms with Gasteiger partial charge in [-0.3, -0.25) is 0 Å². The van der Waals surface area contributed by atoms with Crippen LogP contribution in [0.5, 0.6) is 63.2 Å². The summed E-state index contributed by atoms with van der Waals surface area (Å²) in [4.78, 5) is 0. The second kappa shape index (κ2) is 10.4. The van der Waals surface area contributed by atoms with E-state index in [0.717, 1.165) is 18.2 Å². The number of methoxy groups -OCH3 is 1. The lowest BCUT2D eigenvalue weighted by Crippen LogP contribution is -2.36. The smallest absolute Gasteiger partial charge is 0.202 e. The van der Waals surface area contributed by atoms with Crippen LogP contribution in [-0.2, 0) is 6.42 Å². The molecule has 0 aromatic heterocycles. The lowest BCUT2D eigenvalue weighted by atomic mass is 9.77. The largest absolute Gasteiger partial charge is 0.508 e. The maximum absolute atomic E-state index is 11.8. The first-order valence-electron chi connectivity index (χ1n) is 13.3. The molecule has 10 N–H and O–H groups in total. The van der Waals surface area contributed by atoms with Crippen molar-refractivity contribution in [2.45, 2.75) is 36.8 Å². The fraction of sp³-hybridized carbons (Fsp3) is 0.226. The van der Waals surface area contributed by atoms with Crippen LogP contribution in [0.2, 0.25) is 0 Å². The Balaban J connectivity index is 1.55. The van der Waals surface area contributed by atoms with Crippen LogP contribution in [0.1, 0.15) is 45.9 Å². The monoisotopic (exact) mass is 608 g/mol. The second-order valence-corrected chi connectivity index (χ2v) is 10.7. The molecule has 0 fully saturated rings. The molecule has 0 amide bonds. The fourth-order valence-electron chi connectivity index (χ4n) is 5.98. The first-order valence-corrected chi connectivity index (χ1v) is 13.3. The number of aliphatic hydroxyl groups excluding tert-OH is 2. The SMILES string of the molecule is COc1c(O)cc([C@H]2Oc3c(c(O)cc(O)c3[C@@H]3c4c(O)cc(O)cc4O[C@H](c4ccc(O)c(O)c4)[C@@H]3O)C[C@@H]2O)cc1O. The second-order valence-electron chi connectivity index (χ2n) is 10.7. The maximum atomic E-state index is 11.8. The molecule has 4 aromatic rings. The predicted molar refractivity (Wildman–Crippen MR) is 150 cm³/mol. The van der Waals surface area contributed by atoms with Crippen molar-refractivity contribution in [1.29, 1.82) is 0 Å². The van der Waals surface area contributed by atoms with Crippen LogP contribution in [-0.4, -0.2) is 70.4 Å². The Bertz CT molecular complexity index is 1760. The highest BCUT2D eigenvalue weighted by molar-refractivity contribution is 5.66. The molecular formula is C31H28O13. The fourth-order valence-corrected chi connectivity index (χ4v) is 5.98. The number of ether oxygens (including phenoxy) is 3. The molecule has 2 aliphatic rings. The number of benzene rings is 4. The zero-order valence-electron chi connectivity index (χ0n) is 22.9. The molecule has 0 unspecified atom stereocenters. The summed E-state index contributed by atoms with van der Waals surface area (Å²) in [6, 6.07) is 9.32. The molecule has 13 heteroatoms. The van der Waals surface area contributed by atoms with E-state index in [1.54, 1.807) is 0 Å². The van der Waals surface area contributed by atoms with Crippen LogP contribution in [0.4, 0.5) is 0 Å².